The van der Waals surface area contributed by atoms with E-state index < -0.39 is 10.0 Å². The van der Waals surface area contributed by atoms with Crippen LogP contribution in [-0.4, -0.2) is 8.42 Å². The van der Waals surface area contributed by atoms with Gasteiger partial charge in [0.05, 0.1) is 16.3 Å². The number of hydrogen-bond donors (Lipinski definition) is 2. The number of nitrogen functional groups attached to an aromatic ring is 1. The van der Waals surface area contributed by atoms with Crippen LogP contribution in [0.15, 0.2) is 41.3 Å². The SMILES string of the molecule is Cc1cccc(NS(=O)(=O)c2ccc(N)cc2Cl)c1C#N. The Labute approximate surface area is 128 Å². The molecule has 0 aromatic heterocycles. The first-order valence-electron chi connectivity index (χ1n) is 5.92. The number of nitriles is 1. The average molecular weight is 322 g/mol. The number of rotatable bonds is 3. The van der Waals surface area contributed by atoms with E-state index in [0.29, 0.717) is 11.3 Å². The Morgan fingerprint density at radius 3 is 2.62 bits per heavy atom. The average Bonchev–Trinajstić information content (AvgIpc) is 2.38. The van der Waals surface area contributed by atoms with Crippen LogP contribution in [0, 0.1) is 18.3 Å². The smallest absolute Gasteiger partial charge is 0.263 e. The van der Waals surface area contributed by atoms with Crippen LogP contribution in [0.25, 0.3) is 0 Å². The molecule has 0 spiro atoms. The molecular weight excluding hydrogens is 310 g/mol. The van der Waals surface area contributed by atoms with E-state index in [-0.39, 0.29) is 21.2 Å². The monoisotopic (exact) mass is 321 g/mol. The minimum Gasteiger partial charge on any atom is -0.399 e. The number of nitrogens with one attached hydrogen (secondary N) is 1. The molecule has 0 aliphatic heterocycles. The van der Waals surface area contributed by atoms with Crippen LogP contribution >= 0.6 is 11.6 Å². The third kappa shape index (κ3) is 3.10. The Bertz CT molecular complexity index is 842. The lowest BCUT2D eigenvalue weighted by Gasteiger charge is -2.12. The summed E-state index contributed by atoms with van der Waals surface area (Å²) in [5.74, 6) is 0. The van der Waals surface area contributed by atoms with E-state index in [4.69, 9.17) is 22.6 Å². The lowest BCUT2D eigenvalue weighted by atomic mass is 10.1. The van der Waals surface area contributed by atoms with Crippen molar-refractivity contribution in [1.29, 1.82) is 5.26 Å². The predicted molar refractivity (Wildman–Crippen MR) is 82.6 cm³/mol. The Hall–Kier alpha value is -2.23. The molecule has 7 heteroatoms. The summed E-state index contributed by atoms with van der Waals surface area (Å²) in [5.41, 5.74) is 7.08. The van der Waals surface area contributed by atoms with Crippen LogP contribution in [0.1, 0.15) is 11.1 Å². The molecule has 0 saturated carbocycles. The molecule has 0 saturated heterocycles. The van der Waals surface area contributed by atoms with Gasteiger partial charge in [0.15, 0.2) is 0 Å². The van der Waals surface area contributed by atoms with Gasteiger partial charge >= 0.3 is 0 Å². The normalized spacial score (nSPS) is 10.9. The Balaban J connectivity index is 2.48. The van der Waals surface area contributed by atoms with E-state index in [1.165, 1.54) is 24.3 Å². The molecule has 0 aliphatic carbocycles. The molecule has 0 radical (unpaired) electrons. The quantitative estimate of drug-likeness (QED) is 0.849. The maximum Gasteiger partial charge on any atom is 0.263 e. The third-order valence-corrected chi connectivity index (χ3v) is 4.72. The van der Waals surface area contributed by atoms with E-state index in [0.717, 1.165) is 0 Å². The summed E-state index contributed by atoms with van der Waals surface area (Å²) in [5, 5.41) is 9.15. The van der Waals surface area contributed by atoms with E-state index in [9.17, 15) is 8.42 Å². The summed E-state index contributed by atoms with van der Waals surface area (Å²) >= 11 is 5.92. The van der Waals surface area contributed by atoms with E-state index in [1.807, 2.05) is 6.07 Å². The molecule has 0 bridgehead atoms. The van der Waals surface area contributed by atoms with Crippen molar-refractivity contribution >= 4 is 33.0 Å². The summed E-state index contributed by atoms with van der Waals surface area (Å²) in [6, 6.07) is 11.0. The fourth-order valence-corrected chi connectivity index (χ4v) is 3.46. The van der Waals surface area contributed by atoms with Crippen molar-refractivity contribution in [2.24, 2.45) is 0 Å². The fourth-order valence-electron chi connectivity index (χ4n) is 1.84. The fraction of sp³-hybridized carbons (Fsp3) is 0.0714. The highest BCUT2D eigenvalue weighted by molar-refractivity contribution is 7.92. The lowest BCUT2D eigenvalue weighted by molar-refractivity contribution is 0.601. The van der Waals surface area contributed by atoms with Crippen molar-refractivity contribution in [2.45, 2.75) is 11.8 Å². The van der Waals surface area contributed by atoms with Crippen molar-refractivity contribution in [3.63, 3.8) is 0 Å². The number of nitrogens with two attached hydrogens (primary N) is 1. The summed E-state index contributed by atoms with van der Waals surface area (Å²) in [7, 11) is -3.90. The number of sulfonamides is 1. The van der Waals surface area contributed by atoms with E-state index in [2.05, 4.69) is 4.72 Å². The molecular formula is C14H12ClN3O2S. The van der Waals surface area contributed by atoms with Crippen LogP contribution in [-0.2, 0) is 10.0 Å². The zero-order chi connectivity index (χ0) is 15.6. The first-order valence-corrected chi connectivity index (χ1v) is 7.79. The highest BCUT2D eigenvalue weighted by atomic mass is 35.5. The van der Waals surface area contributed by atoms with Crippen LogP contribution in [0.4, 0.5) is 11.4 Å². The maximum atomic E-state index is 12.4. The van der Waals surface area contributed by atoms with Crippen molar-refractivity contribution in [2.75, 3.05) is 10.5 Å². The molecule has 0 aliphatic rings. The Morgan fingerprint density at radius 1 is 1.29 bits per heavy atom. The molecule has 5 nitrogen and oxygen atoms in total. The molecule has 21 heavy (non-hydrogen) atoms. The first kappa shape index (κ1) is 15.2. The lowest BCUT2D eigenvalue weighted by Crippen LogP contribution is -2.14. The van der Waals surface area contributed by atoms with Crippen molar-refractivity contribution < 1.29 is 8.42 Å². The maximum absolute atomic E-state index is 12.4. The number of halogens is 1. The van der Waals surface area contributed by atoms with E-state index >= 15 is 0 Å². The van der Waals surface area contributed by atoms with Gasteiger partial charge in [0.25, 0.3) is 10.0 Å². The summed E-state index contributed by atoms with van der Waals surface area (Å²) in [4.78, 5) is -0.0937. The largest absolute Gasteiger partial charge is 0.399 e. The Kier molecular flexibility index (Phi) is 4.07. The van der Waals surface area contributed by atoms with E-state index in [1.54, 1.807) is 19.1 Å². The number of nitrogens with zero attached hydrogens (tertiary/aromatic N) is 1. The summed E-state index contributed by atoms with van der Waals surface area (Å²) < 4.78 is 27.1. The molecule has 0 atom stereocenters. The molecule has 2 aromatic carbocycles. The molecule has 0 heterocycles. The van der Waals surface area contributed by atoms with Gasteiger partial charge < -0.3 is 5.73 Å². The molecule has 0 amide bonds. The van der Waals surface area contributed by atoms with Crippen molar-refractivity contribution in [3.8, 4) is 6.07 Å². The molecule has 3 N–H and O–H groups in total. The molecule has 0 unspecified atom stereocenters. The second kappa shape index (κ2) is 5.64. The second-order valence-corrected chi connectivity index (χ2v) is 6.46. The topological polar surface area (TPSA) is 96.0 Å². The number of benzene rings is 2. The van der Waals surface area contributed by atoms with Gasteiger partial charge in [-0.15, -0.1) is 0 Å². The number of anilines is 2. The standard InChI is InChI=1S/C14H12ClN3O2S/c1-9-3-2-4-13(11(9)8-16)18-21(19,20)14-6-5-10(17)7-12(14)15/h2-7,18H,17H2,1H3. The zero-order valence-electron chi connectivity index (χ0n) is 11.1. The first-order chi connectivity index (χ1) is 9.85. The molecule has 0 fully saturated rings. The zero-order valence-corrected chi connectivity index (χ0v) is 12.7. The number of hydrogen-bond acceptors (Lipinski definition) is 4. The predicted octanol–water partition coefficient (Wildman–Crippen LogP) is 2.90. The Morgan fingerprint density at radius 2 is 2.00 bits per heavy atom. The van der Waals surface area contributed by atoms with Gasteiger partial charge in [0.2, 0.25) is 0 Å². The molecule has 2 rings (SSSR count). The second-order valence-electron chi connectivity index (χ2n) is 4.40. The minimum absolute atomic E-state index is 0.0219. The van der Waals surface area contributed by atoms with Gasteiger partial charge in [-0.25, -0.2) is 8.42 Å². The van der Waals surface area contributed by atoms with Gasteiger partial charge in [0.1, 0.15) is 11.0 Å². The van der Waals surface area contributed by atoms with Gasteiger partial charge in [0, 0.05) is 5.69 Å². The third-order valence-electron chi connectivity index (χ3n) is 2.87. The van der Waals surface area contributed by atoms with Gasteiger partial charge in [-0.2, -0.15) is 5.26 Å². The van der Waals surface area contributed by atoms with Crippen LogP contribution in [0.5, 0.6) is 0 Å². The summed E-state index contributed by atoms with van der Waals surface area (Å²) in [6.07, 6.45) is 0. The van der Waals surface area contributed by atoms with Crippen LogP contribution in [0.2, 0.25) is 5.02 Å². The molecule has 108 valence electrons. The highest BCUT2D eigenvalue weighted by Crippen LogP contribution is 2.27. The van der Waals surface area contributed by atoms with Crippen LogP contribution in [0.3, 0.4) is 0 Å². The van der Waals surface area contributed by atoms with Crippen molar-refractivity contribution in [1.82, 2.24) is 0 Å². The number of aryl methyl sites for hydroxylation is 1. The van der Waals surface area contributed by atoms with Crippen LogP contribution < -0.4 is 10.5 Å². The minimum atomic E-state index is -3.90. The summed E-state index contributed by atoms with van der Waals surface area (Å²) in [6.45, 7) is 1.73. The van der Waals surface area contributed by atoms with Gasteiger partial charge in [-0.1, -0.05) is 23.7 Å². The highest BCUT2D eigenvalue weighted by Gasteiger charge is 2.20. The molecule has 2 aromatic rings. The van der Waals surface area contributed by atoms with Gasteiger partial charge in [-0.3, -0.25) is 4.72 Å². The van der Waals surface area contributed by atoms with Gasteiger partial charge in [-0.05, 0) is 36.8 Å². The van der Waals surface area contributed by atoms with Crippen molar-refractivity contribution in [3.05, 3.63) is 52.5 Å².